The number of nitrogens with one attached hydrogen (secondary N) is 1. The Balaban J connectivity index is 1.71. The van der Waals surface area contributed by atoms with E-state index in [0.29, 0.717) is 0 Å². The fourth-order valence-electron chi connectivity index (χ4n) is 1.74. The maximum atomic E-state index is 5.85. The molecule has 0 amide bonds. The molecule has 2 nitrogen and oxygen atoms in total. The standard InChI is InChI=1S/C14H16BrClN2S/c1-18(9-14-8-11(15)10-19-14)7-6-17-13-4-2-12(16)3-5-13/h2-5,8,10,17H,6-7,9H2,1H3. The second-order valence-corrected chi connectivity index (χ2v) is 6.75. The fourth-order valence-corrected chi connectivity index (χ4v) is 3.40. The first kappa shape index (κ1) is 14.9. The highest BCUT2D eigenvalue weighted by Crippen LogP contribution is 2.20. The van der Waals surface area contributed by atoms with Crippen LogP contribution in [0.3, 0.4) is 0 Å². The third kappa shape index (κ3) is 5.15. The topological polar surface area (TPSA) is 15.3 Å². The number of rotatable bonds is 6. The van der Waals surface area contributed by atoms with Gasteiger partial charge in [0.05, 0.1) is 0 Å². The molecule has 2 rings (SSSR count). The number of hydrogen-bond donors (Lipinski definition) is 1. The van der Waals surface area contributed by atoms with Crippen molar-refractivity contribution in [2.75, 3.05) is 25.5 Å². The van der Waals surface area contributed by atoms with E-state index in [9.17, 15) is 0 Å². The molecular weight excluding hydrogens is 344 g/mol. The van der Waals surface area contributed by atoms with E-state index >= 15 is 0 Å². The lowest BCUT2D eigenvalue weighted by Crippen LogP contribution is -2.24. The molecule has 0 radical (unpaired) electrons. The lowest BCUT2D eigenvalue weighted by molar-refractivity contribution is 0.343. The number of likely N-dealkylation sites (N-methyl/N-ethyl adjacent to an activating group) is 1. The van der Waals surface area contributed by atoms with Crippen LogP contribution in [-0.2, 0) is 6.54 Å². The first-order valence-electron chi connectivity index (χ1n) is 6.04. The van der Waals surface area contributed by atoms with E-state index in [2.05, 4.69) is 44.6 Å². The molecule has 1 N–H and O–H groups in total. The van der Waals surface area contributed by atoms with E-state index < -0.39 is 0 Å². The zero-order chi connectivity index (χ0) is 13.7. The van der Waals surface area contributed by atoms with Gasteiger partial charge < -0.3 is 5.32 Å². The van der Waals surface area contributed by atoms with Gasteiger partial charge >= 0.3 is 0 Å². The van der Waals surface area contributed by atoms with Gasteiger partial charge in [0.25, 0.3) is 0 Å². The molecule has 2 aromatic rings. The largest absolute Gasteiger partial charge is 0.384 e. The van der Waals surface area contributed by atoms with Crippen LogP contribution in [0.15, 0.2) is 40.2 Å². The molecule has 0 fully saturated rings. The smallest absolute Gasteiger partial charge is 0.0407 e. The summed E-state index contributed by atoms with van der Waals surface area (Å²) in [5, 5.41) is 6.28. The molecule has 0 saturated carbocycles. The Kier molecular flexibility index (Phi) is 5.70. The molecule has 0 aliphatic carbocycles. The van der Waals surface area contributed by atoms with E-state index in [1.807, 2.05) is 24.3 Å². The van der Waals surface area contributed by atoms with Gasteiger partial charge in [0.1, 0.15) is 0 Å². The molecule has 0 spiro atoms. The summed E-state index contributed by atoms with van der Waals surface area (Å²) in [5.74, 6) is 0. The lowest BCUT2D eigenvalue weighted by atomic mass is 10.3. The zero-order valence-corrected chi connectivity index (χ0v) is 13.9. The third-order valence-electron chi connectivity index (χ3n) is 2.71. The predicted octanol–water partition coefficient (Wildman–Crippen LogP) is 4.71. The normalized spacial score (nSPS) is 10.9. The van der Waals surface area contributed by atoms with Gasteiger partial charge in [-0.15, -0.1) is 11.3 Å². The highest BCUT2D eigenvalue weighted by molar-refractivity contribution is 9.10. The number of halogens is 2. The molecule has 1 heterocycles. The molecule has 1 aromatic carbocycles. The van der Waals surface area contributed by atoms with E-state index in [4.69, 9.17) is 11.6 Å². The monoisotopic (exact) mass is 358 g/mol. The molecule has 0 bridgehead atoms. The summed E-state index contributed by atoms with van der Waals surface area (Å²) in [5.41, 5.74) is 1.11. The first-order chi connectivity index (χ1) is 9.13. The molecular formula is C14H16BrClN2S. The molecule has 0 aliphatic heterocycles. The van der Waals surface area contributed by atoms with Crippen molar-refractivity contribution in [3.8, 4) is 0 Å². The summed E-state index contributed by atoms with van der Waals surface area (Å²) in [6.07, 6.45) is 0. The van der Waals surface area contributed by atoms with Crippen LogP contribution in [0.4, 0.5) is 5.69 Å². The summed E-state index contributed by atoms with van der Waals surface area (Å²) in [4.78, 5) is 3.68. The Hall–Kier alpha value is -0.550. The minimum Gasteiger partial charge on any atom is -0.384 e. The summed E-state index contributed by atoms with van der Waals surface area (Å²) in [6, 6.07) is 9.97. The van der Waals surface area contributed by atoms with Gasteiger partial charge in [-0.1, -0.05) is 11.6 Å². The van der Waals surface area contributed by atoms with Crippen molar-refractivity contribution >= 4 is 44.6 Å². The molecule has 0 unspecified atom stereocenters. The molecule has 0 saturated heterocycles. The summed E-state index contributed by atoms with van der Waals surface area (Å²) in [7, 11) is 2.14. The Bertz CT molecular complexity index is 512. The zero-order valence-electron chi connectivity index (χ0n) is 10.7. The Morgan fingerprint density at radius 3 is 2.68 bits per heavy atom. The van der Waals surface area contributed by atoms with Crippen molar-refractivity contribution in [2.24, 2.45) is 0 Å². The molecule has 0 aliphatic rings. The number of benzene rings is 1. The Morgan fingerprint density at radius 2 is 2.05 bits per heavy atom. The second kappa shape index (κ2) is 7.29. The van der Waals surface area contributed by atoms with Gasteiger partial charge in [0.15, 0.2) is 0 Å². The van der Waals surface area contributed by atoms with Crippen molar-refractivity contribution in [1.29, 1.82) is 0 Å². The van der Waals surface area contributed by atoms with Gasteiger partial charge in [0, 0.05) is 45.1 Å². The van der Waals surface area contributed by atoms with Crippen LogP contribution in [0, 0.1) is 0 Å². The summed E-state index contributed by atoms with van der Waals surface area (Å²) in [6.45, 7) is 2.90. The average molecular weight is 360 g/mol. The van der Waals surface area contributed by atoms with Crippen LogP contribution in [0.2, 0.25) is 5.02 Å². The maximum Gasteiger partial charge on any atom is 0.0407 e. The van der Waals surface area contributed by atoms with Crippen molar-refractivity contribution in [2.45, 2.75) is 6.54 Å². The van der Waals surface area contributed by atoms with Gasteiger partial charge in [-0.25, -0.2) is 0 Å². The molecule has 0 atom stereocenters. The Labute approximate surface area is 131 Å². The van der Waals surface area contributed by atoms with Crippen LogP contribution < -0.4 is 5.32 Å². The highest BCUT2D eigenvalue weighted by Gasteiger charge is 2.02. The van der Waals surface area contributed by atoms with Crippen LogP contribution in [0.25, 0.3) is 0 Å². The summed E-state index contributed by atoms with van der Waals surface area (Å²) < 4.78 is 1.17. The SMILES string of the molecule is CN(CCNc1ccc(Cl)cc1)Cc1cc(Br)cs1. The van der Waals surface area contributed by atoms with E-state index in [1.165, 1.54) is 9.35 Å². The van der Waals surface area contributed by atoms with Gasteiger partial charge in [0.2, 0.25) is 0 Å². The van der Waals surface area contributed by atoms with Crippen LogP contribution in [0.5, 0.6) is 0 Å². The van der Waals surface area contributed by atoms with Crippen LogP contribution in [-0.4, -0.2) is 25.0 Å². The van der Waals surface area contributed by atoms with Crippen LogP contribution in [0.1, 0.15) is 4.88 Å². The summed E-state index contributed by atoms with van der Waals surface area (Å²) >= 11 is 11.1. The van der Waals surface area contributed by atoms with Crippen molar-refractivity contribution in [3.63, 3.8) is 0 Å². The van der Waals surface area contributed by atoms with Crippen LogP contribution >= 0.6 is 38.9 Å². The molecule has 1 aromatic heterocycles. The minimum absolute atomic E-state index is 0.769. The minimum atomic E-state index is 0.769. The lowest BCUT2D eigenvalue weighted by Gasteiger charge is -2.16. The van der Waals surface area contributed by atoms with Gasteiger partial charge in [-0.3, -0.25) is 4.90 Å². The maximum absolute atomic E-state index is 5.85. The quantitative estimate of drug-likeness (QED) is 0.803. The average Bonchev–Trinajstić information content (AvgIpc) is 2.77. The van der Waals surface area contributed by atoms with Gasteiger partial charge in [-0.05, 0) is 53.3 Å². The first-order valence-corrected chi connectivity index (χ1v) is 8.09. The van der Waals surface area contributed by atoms with E-state index in [0.717, 1.165) is 30.3 Å². The molecule has 102 valence electrons. The van der Waals surface area contributed by atoms with Crippen molar-refractivity contribution < 1.29 is 0 Å². The predicted molar refractivity (Wildman–Crippen MR) is 88.3 cm³/mol. The van der Waals surface area contributed by atoms with Crippen molar-refractivity contribution in [1.82, 2.24) is 4.90 Å². The number of anilines is 1. The van der Waals surface area contributed by atoms with E-state index in [-0.39, 0.29) is 0 Å². The second-order valence-electron chi connectivity index (χ2n) is 4.40. The van der Waals surface area contributed by atoms with Gasteiger partial charge in [-0.2, -0.15) is 0 Å². The number of thiophene rings is 1. The molecule has 19 heavy (non-hydrogen) atoms. The Morgan fingerprint density at radius 1 is 1.32 bits per heavy atom. The number of hydrogen-bond acceptors (Lipinski definition) is 3. The van der Waals surface area contributed by atoms with Crippen molar-refractivity contribution in [3.05, 3.63) is 50.1 Å². The third-order valence-corrected chi connectivity index (χ3v) is 4.65. The molecule has 5 heteroatoms. The fraction of sp³-hybridized carbons (Fsp3) is 0.286. The number of nitrogens with zero attached hydrogens (tertiary/aromatic N) is 1. The highest BCUT2D eigenvalue weighted by atomic mass is 79.9. The van der Waals surface area contributed by atoms with E-state index in [1.54, 1.807) is 11.3 Å².